The molecule has 0 aliphatic carbocycles. The zero-order valence-corrected chi connectivity index (χ0v) is 16.9. The van der Waals surface area contributed by atoms with Crippen LogP contribution in [-0.2, 0) is 21.2 Å². The van der Waals surface area contributed by atoms with Crippen molar-refractivity contribution >= 4 is 21.6 Å². The molecule has 0 spiro atoms. The molecule has 0 fully saturated rings. The van der Waals surface area contributed by atoms with Gasteiger partial charge in [0.15, 0.2) is 0 Å². The van der Waals surface area contributed by atoms with Crippen LogP contribution in [0.25, 0.3) is 0 Å². The summed E-state index contributed by atoms with van der Waals surface area (Å²) < 4.78 is 54.6. The SMILES string of the molecule is Cc1ccc(F)cc1NC(=O)[C@H](Cc1ccccc1)NS(=O)(=O)c1ccc(F)cc1. The second-order valence-electron chi connectivity index (χ2n) is 6.77. The van der Waals surface area contributed by atoms with Crippen LogP contribution >= 0.6 is 0 Å². The van der Waals surface area contributed by atoms with Crippen LogP contribution < -0.4 is 10.0 Å². The molecule has 3 rings (SSSR count). The molecule has 30 heavy (non-hydrogen) atoms. The molecule has 1 atom stereocenters. The molecule has 5 nitrogen and oxygen atoms in total. The summed E-state index contributed by atoms with van der Waals surface area (Å²) in [6, 6.07) is 15.9. The molecule has 0 aliphatic rings. The van der Waals surface area contributed by atoms with Gasteiger partial charge in [-0.15, -0.1) is 0 Å². The lowest BCUT2D eigenvalue weighted by atomic mass is 10.1. The molecule has 0 saturated heterocycles. The second-order valence-corrected chi connectivity index (χ2v) is 8.48. The summed E-state index contributed by atoms with van der Waals surface area (Å²) in [4.78, 5) is 12.8. The van der Waals surface area contributed by atoms with Gasteiger partial charge in [-0.05, 0) is 60.9 Å². The summed E-state index contributed by atoms with van der Waals surface area (Å²) in [6.45, 7) is 1.70. The van der Waals surface area contributed by atoms with E-state index >= 15 is 0 Å². The summed E-state index contributed by atoms with van der Waals surface area (Å²) in [7, 11) is -4.10. The van der Waals surface area contributed by atoms with Crippen LogP contribution in [0.3, 0.4) is 0 Å². The highest BCUT2D eigenvalue weighted by Crippen LogP contribution is 2.18. The molecule has 3 aromatic rings. The molecular formula is C22H20F2N2O3S. The van der Waals surface area contributed by atoms with Crippen LogP contribution in [0.4, 0.5) is 14.5 Å². The van der Waals surface area contributed by atoms with Crippen LogP contribution in [0.1, 0.15) is 11.1 Å². The lowest BCUT2D eigenvalue weighted by Gasteiger charge is -2.19. The topological polar surface area (TPSA) is 75.3 Å². The summed E-state index contributed by atoms with van der Waals surface area (Å²) in [5.41, 5.74) is 1.61. The van der Waals surface area contributed by atoms with Crippen molar-refractivity contribution in [1.82, 2.24) is 4.72 Å². The van der Waals surface area contributed by atoms with Crippen molar-refractivity contribution in [2.45, 2.75) is 24.3 Å². The van der Waals surface area contributed by atoms with Crippen molar-refractivity contribution in [2.75, 3.05) is 5.32 Å². The Balaban J connectivity index is 1.88. The van der Waals surface area contributed by atoms with E-state index in [1.807, 2.05) is 0 Å². The number of halogens is 2. The number of hydrogen-bond acceptors (Lipinski definition) is 3. The number of nitrogens with one attached hydrogen (secondary N) is 2. The number of sulfonamides is 1. The van der Waals surface area contributed by atoms with Gasteiger partial charge in [-0.1, -0.05) is 36.4 Å². The van der Waals surface area contributed by atoms with Gasteiger partial charge in [0.1, 0.15) is 17.7 Å². The summed E-state index contributed by atoms with van der Waals surface area (Å²) in [5, 5.41) is 2.59. The lowest BCUT2D eigenvalue weighted by molar-refractivity contribution is -0.117. The molecule has 0 bridgehead atoms. The summed E-state index contributed by atoms with van der Waals surface area (Å²) in [5.74, 6) is -1.74. The first-order valence-electron chi connectivity index (χ1n) is 9.13. The maximum atomic E-state index is 13.6. The van der Waals surface area contributed by atoms with E-state index in [9.17, 15) is 22.0 Å². The van der Waals surface area contributed by atoms with E-state index < -0.39 is 33.6 Å². The third-order valence-corrected chi connectivity index (χ3v) is 5.97. The van der Waals surface area contributed by atoms with E-state index in [0.717, 1.165) is 29.8 Å². The van der Waals surface area contributed by atoms with Gasteiger partial charge in [0.05, 0.1) is 4.90 Å². The Morgan fingerprint density at radius 3 is 2.23 bits per heavy atom. The monoisotopic (exact) mass is 430 g/mol. The number of benzene rings is 3. The van der Waals surface area contributed by atoms with Gasteiger partial charge in [0.25, 0.3) is 0 Å². The van der Waals surface area contributed by atoms with Crippen molar-refractivity contribution in [2.24, 2.45) is 0 Å². The van der Waals surface area contributed by atoms with Crippen LogP contribution in [0.15, 0.2) is 77.7 Å². The van der Waals surface area contributed by atoms with E-state index in [-0.39, 0.29) is 17.0 Å². The Labute approximate surface area is 173 Å². The fourth-order valence-electron chi connectivity index (χ4n) is 2.86. The van der Waals surface area contributed by atoms with Gasteiger partial charge in [0.2, 0.25) is 15.9 Å². The predicted molar refractivity (Wildman–Crippen MR) is 110 cm³/mol. The minimum atomic E-state index is -4.10. The van der Waals surface area contributed by atoms with Gasteiger partial charge in [0, 0.05) is 5.69 Å². The highest BCUT2D eigenvalue weighted by molar-refractivity contribution is 7.89. The number of carbonyl (C=O) groups is 1. The maximum Gasteiger partial charge on any atom is 0.242 e. The van der Waals surface area contributed by atoms with E-state index in [1.54, 1.807) is 37.3 Å². The molecule has 0 aliphatic heterocycles. The van der Waals surface area contributed by atoms with Gasteiger partial charge < -0.3 is 5.32 Å². The first-order chi connectivity index (χ1) is 14.2. The molecule has 156 valence electrons. The largest absolute Gasteiger partial charge is 0.324 e. The fourth-order valence-corrected chi connectivity index (χ4v) is 4.05. The zero-order chi connectivity index (χ0) is 21.7. The Bertz CT molecular complexity index is 1130. The highest BCUT2D eigenvalue weighted by atomic mass is 32.2. The Morgan fingerprint density at radius 2 is 1.57 bits per heavy atom. The minimum Gasteiger partial charge on any atom is -0.324 e. The van der Waals surface area contributed by atoms with Gasteiger partial charge >= 0.3 is 0 Å². The molecule has 0 heterocycles. The minimum absolute atomic E-state index is 0.0709. The molecule has 3 aromatic carbocycles. The van der Waals surface area contributed by atoms with Gasteiger partial charge in [-0.25, -0.2) is 17.2 Å². The van der Waals surface area contributed by atoms with Crippen LogP contribution in [-0.4, -0.2) is 20.4 Å². The molecule has 0 radical (unpaired) electrons. The predicted octanol–water partition coefficient (Wildman–Crippen LogP) is 3.80. The maximum absolute atomic E-state index is 13.6. The average Bonchev–Trinajstić information content (AvgIpc) is 2.71. The smallest absolute Gasteiger partial charge is 0.242 e. The first-order valence-corrected chi connectivity index (χ1v) is 10.6. The average molecular weight is 430 g/mol. The fraction of sp³-hybridized carbons (Fsp3) is 0.136. The number of hydrogen-bond donors (Lipinski definition) is 2. The van der Waals surface area contributed by atoms with Gasteiger partial charge in [-0.3, -0.25) is 4.79 Å². The third kappa shape index (κ3) is 5.49. The second kappa shape index (κ2) is 9.15. The van der Waals surface area contributed by atoms with E-state index in [4.69, 9.17) is 0 Å². The van der Waals surface area contributed by atoms with Crippen LogP contribution in [0.5, 0.6) is 0 Å². The molecule has 8 heteroatoms. The van der Waals surface area contributed by atoms with Crippen LogP contribution in [0, 0.1) is 18.6 Å². The number of rotatable bonds is 7. The standard InChI is InChI=1S/C22H20F2N2O3S/c1-15-7-8-18(24)14-20(15)25-22(27)21(13-16-5-3-2-4-6-16)26-30(28,29)19-11-9-17(23)10-12-19/h2-12,14,21,26H,13H2,1H3,(H,25,27)/t21-/m0/s1. The van der Waals surface area contributed by atoms with Crippen molar-refractivity contribution < 1.29 is 22.0 Å². The Kier molecular flexibility index (Phi) is 6.59. The molecular weight excluding hydrogens is 410 g/mol. The third-order valence-electron chi connectivity index (χ3n) is 4.48. The van der Waals surface area contributed by atoms with Crippen molar-refractivity contribution in [3.05, 3.63) is 95.6 Å². The molecule has 1 amide bonds. The van der Waals surface area contributed by atoms with E-state index in [1.165, 1.54) is 18.2 Å². The molecule has 0 saturated carbocycles. The quantitative estimate of drug-likeness (QED) is 0.599. The van der Waals surface area contributed by atoms with E-state index in [0.29, 0.717) is 5.56 Å². The molecule has 0 unspecified atom stereocenters. The van der Waals surface area contributed by atoms with Crippen molar-refractivity contribution in [3.8, 4) is 0 Å². The first kappa shape index (κ1) is 21.6. The molecule has 2 N–H and O–H groups in total. The van der Waals surface area contributed by atoms with Crippen LogP contribution in [0.2, 0.25) is 0 Å². The Hall–Kier alpha value is -3.10. The number of amides is 1. The zero-order valence-electron chi connectivity index (χ0n) is 16.1. The normalized spacial score (nSPS) is 12.4. The van der Waals surface area contributed by atoms with E-state index in [2.05, 4.69) is 10.0 Å². The number of anilines is 1. The van der Waals surface area contributed by atoms with Crippen molar-refractivity contribution in [3.63, 3.8) is 0 Å². The lowest BCUT2D eigenvalue weighted by Crippen LogP contribution is -2.45. The Morgan fingerprint density at radius 1 is 0.933 bits per heavy atom. The number of carbonyl (C=O) groups excluding carboxylic acids is 1. The highest BCUT2D eigenvalue weighted by Gasteiger charge is 2.26. The summed E-state index contributed by atoms with van der Waals surface area (Å²) in [6.07, 6.45) is 0.0709. The molecule has 0 aromatic heterocycles. The number of aryl methyl sites for hydroxylation is 1. The van der Waals surface area contributed by atoms with Crippen molar-refractivity contribution in [1.29, 1.82) is 0 Å². The van der Waals surface area contributed by atoms with Gasteiger partial charge in [-0.2, -0.15) is 4.72 Å². The summed E-state index contributed by atoms with van der Waals surface area (Å²) >= 11 is 0.